The van der Waals surface area contributed by atoms with Crippen LogP contribution in [0.25, 0.3) is 0 Å². The Kier molecular flexibility index (Phi) is 8.36. The summed E-state index contributed by atoms with van der Waals surface area (Å²) in [6.07, 6.45) is 4.58. The van der Waals surface area contributed by atoms with Gasteiger partial charge in [0.15, 0.2) is 23.4 Å². The molecule has 1 unspecified atom stereocenters. The van der Waals surface area contributed by atoms with Gasteiger partial charge in [0.25, 0.3) is 0 Å². The van der Waals surface area contributed by atoms with Gasteiger partial charge in [-0.1, -0.05) is 6.07 Å². The minimum Gasteiger partial charge on any atom is -0.844 e. The summed E-state index contributed by atoms with van der Waals surface area (Å²) >= 11 is 0. The average molecular weight is 626 g/mol. The molecular weight excluding hydrogens is 578 g/mol. The first-order valence-corrected chi connectivity index (χ1v) is 16.5. The normalized spacial score (nSPS) is 31.4. The first kappa shape index (κ1) is 31.7. The summed E-state index contributed by atoms with van der Waals surface area (Å²) in [5.41, 5.74) is 5.07. The van der Waals surface area contributed by atoms with Crippen LogP contribution in [0.3, 0.4) is 0 Å². The first-order valence-electron chi connectivity index (χ1n) is 16.5. The number of nitrogens with zero attached hydrogens (tertiary/aromatic N) is 2. The monoisotopic (exact) mass is 625 g/mol. The van der Waals surface area contributed by atoms with Crippen LogP contribution in [0.5, 0.6) is 11.5 Å². The molecule has 246 valence electrons. The SMILES string of the molecule is CC(=O)N[C@@H](CCCCN)C(=O)NCCN(C)C(=O)Oc1ccc2c3c1O[C@H]1C(=O)CC[C@@]4([O-])[C@@H](C2)[N+](C)(CC2CC2)CC[C@]314. The van der Waals surface area contributed by atoms with E-state index in [1.807, 2.05) is 6.07 Å². The summed E-state index contributed by atoms with van der Waals surface area (Å²) in [4.78, 5) is 52.2. The van der Waals surface area contributed by atoms with Crippen LogP contribution < -0.4 is 30.9 Å². The third-order valence-corrected chi connectivity index (χ3v) is 11.1. The highest BCUT2D eigenvalue weighted by atomic mass is 16.6. The maximum atomic E-state index is 15.2. The topological polar surface area (TPSA) is 163 Å². The van der Waals surface area contributed by atoms with Crippen LogP contribution in [0.4, 0.5) is 4.79 Å². The van der Waals surface area contributed by atoms with Crippen molar-refractivity contribution in [3.05, 3.63) is 23.3 Å². The number of rotatable bonds is 12. The molecular formula is C33H47N5O7. The summed E-state index contributed by atoms with van der Waals surface area (Å²) in [6, 6.07) is 2.86. The molecule has 0 aromatic heterocycles. The molecule has 3 amide bonds. The summed E-state index contributed by atoms with van der Waals surface area (Å²) in [7, 11) is 3.80. The van der Waals surface area contributed by atoms with Gasteiger partial charge in [0.2, 0.25) is 11.8 Å². The molecule has 2 heterocycles. The van der Waals surface area contributed by atoms with E-state index in [4.69, 9.17) is 15.2 Å². The quantitative estimate of drug-likeness (QED) is 0.224. The van der Waals surface area contributed by atoms with Gasteiger partial charge in [-0.3, -0.25) is 14.4 Å². The van der Waals surface area contributed by atoms with Crippen molar-refractivity contribution in [1.29, 1.82) is 0 Å². The van der Waals surface area contributed by atoms with Crippen LogP contribution in [0.2, 0.25) is 0 Å². The van der Waals surface area contributed by atoms with Crippen molar-refractivity contribution in [2.24, 2.45) is 11.7 Å². The van der Waals surface area contributed by atoms with E-state index in [0.29, 0.717) is 50.3 Å². The predicted octanol–water partition coefficient (Wildman–Crippen LogP) is 0.513. The van der Waals surface area contributed by atoms with Crippen LogP contribution in [-0.4, -0.2) is 104 Å². The zero-order chi connectivity index (χ0) is 32.1. The zero-order valence-corrected chi connectivity index (χ0v) is 26.7. The molecule has 1 saturated heterocycles. The number of unbranched alkanes of at least 4 members (excludes halogenated alkanes) is 1. The summed E-state index contributed by atoms with van der Waals surface area (Å²) in [6.45, 7) is 4.02. The lowest BCUT2D eigenvalue weighted by Crippen LogP contribution is -2.85. The number of carbonyl (C=O) groups excluding carboxylic acids is 4. The van der Waals surface area contributed by atoms with E-state index in [1.165, 1.54) is 24.7 Å². The molecule has 1 aromatic rings. The fourth-order valence-electron chi connectivity index (χ4n) is 8.71. The van der Waals surface area contributed by atoms with Crippen LogP contribution in [0, 0.1) is 5.92 Å². The standard InChI is InChI=1S/C33H47N5O7/c1-20(39)36-23(6-4-5-14-34)30(41)35-15-16-37(2)31(42)44-25-10-9-22-18-26-33(43)12-11-24(40)29-32(33,27(22)28(25)45-29)13-17-38(26,3)19-21-7-8-21/h9-10,21,23,26,29H,4-8,11-19,34H2,1-3H3,(H,35,41)(H,36,39)/t23-,26+,29-,32-,33+,38?/m0/s1. The number of ketones is 1. The van der Waals surface area contributed by atoms with E-state index in [-0.39, 0.29) is 48.9 Å². The van der Waals surface area contributed by atoms with E-state index >= 15 is 5.11 Å². The molecule has 3 aliphatic carbocycles. The summed E-state index contributed by atoms with van der Waals surface area (Å²) in [5.74, 6) is 0.569. The van der Waals surface area contributed by atoms with Crippen LogP contribution in [-0.2, 0) is 26.2 Å². The van der Waals surface area contributed by atoms with Crippen molar-refractivity contribution in [2.75, 3.05) is 46.8 Å². The fourth-order valence-corrected chi connectivity index (χ4v) is 8.71. The zero-order valence-electron chi connectivity index (χ0n) is 26.7. The molecule has 5 aliphatic rings. The highest BCUT2D eigenvalue weighted by Gasteiger charge is 2.71. The van der Waals surface area contributed by atoms with E-state index in [0.717, 1.165) is 35.1 Å². The summed E-state index contributed by atoms with van der Waals surface area (Å²) < 4.78 is 13.0. The maximum absolute atomic E-state index is 15.2. The lowest BCUT2D eigenvalue weighted by Gasteiger charge is -2.70. The Bertz CT molecular complexity index is 1380. The van der Waals surface area contributed by atoms with Gasteiger partial charge in [-0.25, -0.2) is 4.79 Å². The number of nitrogens with one attached hydrogen (secondary N) is 2. The number of nitrogens with two attached hydrogens (primary N) is 1. The van der Waals surface area contributed by atoms with E-state index < -0.39 is 29.3 Å². The van der Waals surface area contributed by atoms with Gasteiger partial charge in [-0.05, 0) is 62.3 Å². The van der Waals surface area contributed by atoms with Crippen LogP contribution >= 0.6 is 0 Å². The second kappa shape index (κ2) is 11.9. The molecule has 2 bridgehead atoms. The van der Waals surface area contributed by atoms with Crippen molar-refractivity contribution in [3.8, 4) is 11.5 Å². The molecule has 12 heteroatoms. The lowest BCUT2D eigenvalue weighted by atomic mass is 9.48. The molecule has 6 rings (SSSR count). The molecule has 0 radical (unpaired) electrons. The largest absolute Gasteiger partial charge is 0.844 e. The Morgan fingerprint density at radius 1 is 1.24 bits per heavy atom. The number of quaternary nitrogens is 1. The van der Waals surface area contributed by atoms with Gasteiger partial charge in [0, 0.05) is 63.2 Å². The smallest absolute Gasteiger partial charge is 0.415 e. The van der Waals surface area contributed by atoms with Crippen LogP contribution in [0.1, 0.15) is 69.4 Å². The van der Waals surface area contributed by atoms with Gasteiger partial charge in [-0.15, -0.1) is 0 Å². The molecule has 1 spiro atoms. The Hall–Kier alpha value is -3.22. The number of piperidine rings is 1. The Balaban J connectivity index is 1.16. The fraction of sp³-hybridized carbons (Fsp3) is 0.697. The minimum atomic E-state index is -1.33. The van der Waals surface area contributed by atoms with Crippen molar-refractivity contribution in [2.45, 2.75) is 93.9 Å². The molecule has 6 atom stereocenters. The van der Waals surface area contributed by atoms with Crippen molar-refractivity contribution < 1.29 is 38.2 Å². The number of Topliss-reactive ketones (excluding diaryl/α,β-unsaturated/α-hetero) is 1. The Morgan fingerprint density at radius 3 is 2.73 bits per heavy atom. The minimum absolute atomic E-state index is 0.0479. The van der Waals surface area contributed by atoms with Crippen molar-refractivity contribution >= 4 is 23.7 Å². The highest BCUT2D eigenvalue weighted by molar-refractivity contribution is 5.90. The Morgan fingerprint density at radius 2 is 2.02 bits per heavy atom. The molecule has 3 fully saturated rings. The van der Waals surface area contributed by atoms with Crippen molar-refractivity contribution in [1.82, 2.24) is 15.5 Å². The average Bonchev–Trinajstić information content (AvgIpc) is 3.72. The van der Waals surface area contributed by atoms with Crippen molar-refractivity contribution in [3.63, 3.8) is 0 Å². The van der Waals surface area contributed by atoms with Gasteiger partial charge >= 0.3 is 6.09 Å². The molecule has 12 nitrogen and oxygen atoms in total. The predicted molar refractivity (Wildman–Crippen MR) is 162 cm³/mol. The summed E-state index contributed by atoms with van der Waals surface area (Å²) in [5, 5.41) is 20.6. The van der Waals surface area contributed by atoms with Gasteiger partial charge in [0.05, 0.1) is 26.2 Å². The number of likely N-dealkylation sites (N-methyl/N-ethyl adjacent to an activating group) is 2. The van der Waals surface area contributed by atoms with Gasteiger partial charge < -0.3 is 40.3 Å². The number of amides is 3. The maximum Gasteiger partial charge on any atom is 0.415 e. The van der Waals surface area contributed by atoms with Crippen LogP contribution in [0.15, 0.2) is 12.1 Å². The van der Waals surface area contributed by atoms with Gasteiger partial charge in [-0.2, -0.15) is 0 Å². The number of hydrogen-bond acceptors (Lipinski definition) is 8. The number of benzene rings is 1. The highest BCUT2D eigenvalue weighted by Crippen LogP contribution is 2.65. The van der Waals surface area contributed by atoms with E-state index in [9.17, 15) is 19.2 Å². The molecule has 45 heavy (non-hydrogen) atoms. The lowest BCUT2D eigenvalue weighted by molar-refractivity contribution is -0.960. The van der Waals surface area contributed by atoms with E-state index in [2.05, 4.69) is 17.7 Å². The molecule has 1 aromatic carbocycles. The Labute approximate surface area is 264 Å². The third-order valence-electron chi connectivity index (χ3n) is 11.1. The molecule has 4 N–H and O–H groups in total. The molecule has 2 aliphatic heterocycles. The molecule has 2 saturated carbocycles. The second-order valence-corrected chi connectivity index (χ2v) is 14.2. The van der Waals surface area contributed by atoms with Gasteiger partial charge in [0.1, 0.15) is 6.04 Å². The number of hydrogen-bond donors (Lipinski definition) is 3. The number of carbonyl (C=O) groups is 4. The van der Waals surface area contributed by atoms with E-state index in [1.54, 1.807) is 13.1 Å². The first-order chi connectivity index (χ1) is 21.4. The third kappa shape index (κ3) is 5.38. The number of likely N-dealkylation sites (tertiary alicyclic amines) is 1. The second-order valence-electron chi connectivity index (χ2n) is 14.2. The number of ether oxygens (including phenoxy) is 2.